The van der Waals surface area contributed by atoms with Crippen LogP contribution in [-0.4, -0.2) is 84.4 Å². The molecule has 1 aromatic heterocycles. The Morgan fingerprint density at radius 2 is 2.11 bits per heavy atom. The standard InChI is InChI=1S/C18H30N6O2.HI/c1-22(2)17(25)11-19-18(21-16-5-8-26-9-6-16)24-7-4-14(13-24)15-10-20-23(3)12-15;/h10,12,14,16H,4-9,11,13H2,1-3H3,(H,19,21);1H. The molecular weight excluding hydrogens is 459 g/mol. The van der Waals surface area contributed by atoms with Crippen LogP contribution in [0.15, 0.2) is 17.4 Å². The van der Waals surface area contributed by atoms with Gasteiger partial charge in [-0.3, -0.25) is 9.48 Å². The van der Waals surface area contributed by atoms with Crippen molar-refractivity contribution in [1.29, 1.82) is 0 Å². The van der Waals surface area contributed by atoms with Gasteiger partial charge in [0.1, 0.15) is 6.54 Å². The van der Waals surface area contributed by atoms with E-state index < -0.39 is 0 Å². The Morgan fingerprint density at radius 1 is 1.37 bits per heavy atom. The average molecular weight is 490 g/mol. The van der Waals surface area contributed by atoms with Gasteiger partial charge in [-0.15, -0.1) is 24.0 Å². The molecule has 3 heterocycles. The van der Waals surface area contributed by atoms with Crippen LogP contribution in [0.25, 0.3) is 0 Å². The van der Waals surface area contributed by atoms with E-state index in [1.807, 2.05) is 17.9 Å². The third-order valence-electron chi connectivity index (χ3n) is 5.10. The van der Waals surface area contributed by atoms with Crippen molar-refractivity contribution in [2.45, 2.75) is 31.2 Å². The lowest BCUT2D eigenvalue weighted by Crippen LogP contribution is -2.47. The van der Waals surface area contributed by atoms with Crippen LogP contribution in [0, 0.1) is 0 Å². The third kappa shape index (κ3) is 6.06. The minimum absolute atomic E-state index is 0. The molecule has 1 atom stereocenters. The first kappa shape index (κ1) is 21.9. The summed E-state index contributed by atoms with van der Waals surface area (Å²) in [6, 6.07) is 0.356. The van der Waals surface area contributed by atoms with Crippen LogP contribution < -0.4 is 5.32 Å². The topological polar surface area (TPSA) is 75.0 Å². The monoisotopic (exact) mass is 490 g/mol. The maximum Gasteiger partial charge on any atom is 0.243 e. The van der Waals surface area contributed by atoms with E-state index in [1.54, 1.807) is 19.0 Å². The molecule has 0 aromatic carbocycles. The predicted octanol–water partition coefficient (Wildman–Crippen LogP) is 1.04. The largest absolute Gasteiger partial charge is 0.381 e. The maximum absolute atomic E-state index is 12.0. The molecule has 1 unspecified atom stereocenters. The van der Waals surface area contributed by atoms with Crippen LogP contribution in [0.5, 0.6) is 0 Å². The zero-order valence-corrected chi connectivity index (χ0v) is 18.8. The van der Waals surface area contributed by atoms with Gasteiger partial charge in [-0.25, -0.2) is 4.99 Å². The smallest absolute Gasteiger partial charge is 0.243 e. The van der Waals surface area contributed by atoms with E-state index in [4.69, 9.17) is 4.74 Å². The molecule has 2 aliphatic heterocycles. The highest BCUT2D eigenvalue weighted by molar-refractivity contribution is 14.0. The van der Waals surface area contributed by atoms with Crippen molar-refractivity contribution < 1.29 is 9.53 Å². The van der Waals surface area contributed by atoms with Crippen LogP contribution in [0.3, 0.4) is 0 Å². The van der Waals surface area contributed by atoms with Crippen molar-refractivity contribution in [3.63, 3.8) is 0 Å². The van der Waals surface area contributed by atoms with Crippen molar-refractivity contribution >= 4 is 35.8 Å². The Labute approximate surface area is 178 Å². The number of carbonyl (C=O) groups is 1. The van der Waals surface area contributed by atoms with E-state index in [0.717, 1.165) is 51.5 Å². The summed E-state index contributed by atoms with van der Waals surface area (Å²) in [5.41, 5.74) is 1.27. The molecule has 1 aromatic rings. The van der Waals surface area contributed by atoms with Crippen molar-refractivity contribution in [3.8, 4) is 0 Å². The summed E-state index contributed by atoms with van der Waals surface area (Å²) in [5.74, 6) is 1.31. The number of hydrogen-bond acceptors (Lipinski definition) is 4. The molecule has 27 heavy (non-hydrogen) atoms. The summed E-state index contributed by atoms with van der Waals surface area (Å²) in [7, 11) is 5.47. The van der Waals surface area contributed by atoms with E-state index in [0.29, 0.717) is 12.0 Å². The molecule has 0 spiro atoms. The molecule has 0 bridgehead atoms. The molecule has 0 aliphatic carbocycles. The Hall–Kier alpha value is -1.36. The molecule has 1 amide bonds. The van der Waals surface area contributed by atoms with Crippen LogP contribution in [-0.2, 0) is 16.6 Å². The Morgan fingerprint density at radius 3 is 2.74 bits per heavy atom. The van der Waals surface area contributed by atoms with Gasteiger partial charge >= 0.3 is 0 Å². The Bertz CT molecular complexity index is 642. The van der Waals surface area contributed by atoms with Gasteiger partial charge in [0.05, 0.1) is 6.20 Å². The van der Waals surface area contributed by atoms with Crippen LogP contribution in [0.4, 0.5) is 0 Å². The molecule has 3 rings (SSSR count). The number of aliphatic imine (C=N–C) groups is 1. The molecule has 2 fully saturated rings. The SMILES string of the molecule is CN(C)C(=O)CN=C(NC1CCOCC1)N1CCC(c2cnn(C)c2)C1.I. The number of halogens is 1. The van der Waals surface area contributed by atoms with Gasteiger partial charge in [-0.2, -0.15) is 5.10 Å². The fraction of sp³-hybridized carbons (Fsp3) is 0.722. The summed E-state index contributed by atoms with van der Waals surface area (Å²) < 4.78 is 7.30. The van der Waals surface area contributed by atoms with E-state index in [-0.39, 0.29) is 36.4 Å². The maximum atomic E-state index is 12.0. The summed E-state index contributed by atoms with van der Waals surface area (Å²) in [6.07, 6.45) is 7.06. The number of aryl methyl sites for hydroxylation is 1. The first-order valence-corrected chi connectivity index (χ1v) is 9.35. The number of likely N-dealkylation sites (N-methyl/N-ethyl adjacent to an activating group) is 1. The second-order valence-electron chi connectivity index (χ2n) is 7.34. The lowest BCUT2D eigenvalue weighted by molar-refractivity contribution is -0.127. The molecule has 1 N–H and O–H groups in total. The highest BCUT2D eigenvalue weighted by Crippen LogP contribution is 2.27. The van der Waals surface area contributed by atoms with E-state index in [9.17, 15) is 4.79 Å². The zero-order valence-electron chi connectivity index (χ0n) is 16.4. The minimum atomic E-state index is 0. The normalized spacial score (nSPS) is 21.1. The highest BCUT2D eigenvalue weighted by atomic mass is 127. The second kappa shape index (κ2) is 10.3. The second-order valence-corrected chi connectivity index (χ2v) is 7.34. The van der Waals surface area contributed by atoms with Gasteiger partial charge in [0.15, 0.2) is 5.96 Å². The molecule has 2 saturated heterocycles. The number of ether oxygens (including phenoxy) is 1. The average Bonchev–Trinajstić information content (AvgIpc) is 3.28. The van der Waals surface area contributed by atoms with Crippen molar-refractivity contribution in [2.75, 3.05) is 46.9 Å². The zero-order chi connectivity index (χ0) is 18.5. The number of hydrogen-bond donors (Lipinski definition) is 1. The lowest BCUT2D eigenvalue weighted by atomic mass is 10.0. The molecule has 2 aliphatic rings. The molecular formula is C18H31IN6O2. The van der Waals surface area contributed by atoms with Gasteiger partial charge in [0.25, 0.3) is 0 Å². The van der Waals surface area contributed by atoms with Gasteiger partial charge in [0.2, 0.25) is 5.91 Å². The van der Waals surface area contributed by atoms with Gasteiger partial charge in [0, 0.05) is 65.6 Å². The number of carbonyl (C=O) groups excluding carboxylic acids is 1. The highest BCUT2D eigenvalue weighted by Gasteiger charge is 2.28. The lowest BCUT2D eigenvalue weighted by Gasteiger charge is -2.29. The number of amides is 1. The third-order valence-corrected chi connectivity index (χ3v) is 5.10. The quantitative estimate of drug-likeness (QED) is 0.388. The number of rotatable bonds is 4. The van der Waals surface area contributed by atoms with E-state index >= 15 is 0 Å². The Kier molecular flexibility index (Phi) is 8.33. The summed E-state index contributed by atoms with van der Waals surface area (Å²) in [6.45, 7) is 3.56. The van der Waals surface area contributed by atoms with E-state index in [2.05, 4.69) is 26.5 Å². The first-order chi connectivity index (χ1) is 12.5. The Balaban J connectivity index is 0.00000261. The minimum Gasteiger partial charge on any atom is -0.381 e. The first-order valence-electron chi connectivity index (χ1n) is 9.35. The predicted molar refractivity (Wildman–Crippen MR) is 116 cm³/mol. The molecule has 0 saturated carbocycles. The fourth-order valence-electron chi connectivity index (χ4n) is 3.42. The number of likely N-dealkylation sites (tertiary alicyclic amines) is 1. The molecule has 0 radical (unpaired) electrons. The van der Waals surface area contributed by atoms with Gasteiger partial charge in [-0.1, -0.05) is 0 Å². The summed E-state index contributed by atoms with van der Waals surface area (Å²) in [4.78, 5) is 20.5. The number of nitrogens with one attached hydrogen (secondary N) is 1. The number of aromatic nitrogens is 2. The summed E-state index contributed by atoms with van der Waals surface area (Å²) >= 11 is 0. The van der Waals surface area contributed by atoms with Crippen LogP contribution >= 0.6 is 24.0 Å². The van der Waals surface area contributed by atoms with Crippen molar-refractivity contribution in [1.82, 2.24) is 24.9 Å². The molecule has 152 valence electrons. The number of guanidine groups is 1. The van der Waals surface area contributed by atoms with Crippen molar-refractivity contribution in [2.24, 2.45) is 12.0 Å². The fourth-order valence-corrected chi connectivity index (χ4v) is 3.42. The summed E-state index contributed by atoms with van der Waals surface area (Å²) in [5, 5.41) is 7.87. The van der Waals surface area contributed by atoms with Crippen LogP contribution in [0.1, 0.15) is 30.7 Å². The van der Waals surface area contributed by atoms with Gasteiger partial charge in [-0.05, 0) is 24.8 Å². The number of nitrogens with zero attached hydrogens (tertiary/aromatic N) is 5. The molecule has 8 nitrogen and oxygen atoms in total. The van der Waals surface area contributed by atoms with Crippen molar-refractivity contribution in [3.05, 3.63) is 18.0 Å². The van der Waals surface area contributed by atoms with E-state index in [1.165, 1.54) is 5.56 Å². The molecule has 9 heteroatoms. The van der Waals surface area contributed by atoms with Gasteiger partial charge < -0.3 is 19.9 Å². The van der Waals surface area contributed by atoms with Crippen LogP contribution in [0.2, 0.25) is 0 Å².